The van der Waals surface area contributed by atoms with Crippen LogP contribution in [0.25, 0.3) is 10.9 Å². The summed E-state index contributed by atoms with van der Waals surface area (Å²) in [6, 6.07) is 15.6. The van der Waals surface area contributed by atoms with Crippen molar-refractivity contribution in [3.63, 3.8) is 0 Å². The van der Waals surface area contributed by atoms with Crippen LogP contribution in [0.4, 0.5) is 5.69 Å². The van der Waals surface area contributed by atoms with Gasteiger partial charge in [0.25, 0.3) is 0 Å². The van der Waals surface area contributed by atoms with Crippen molar-refractivity contribution < 1.29 is 14.3 Å². The molecule has 2 heterocycles. The molecule has 0 bridgehead atoms. The lowest BCUT2D eigenvalue weighted by Crippen LogP contribution is -2.63. The van der Waals surface area contributed by atoms with Gasteiger partial charge in [-0.2, -0.15) is 5.10 Å². The second-order valence-corrected chi connectivity index (χ2v) is 8.78. The number of rotatable bonds is 7. The van der Waals surface area contributed by atoms with Crippen LogP contribution in [0.2, 0.25) is 0 Å². The number of benzene rings is 2. The number of hydrogen-bond donors (Lipinski definition) is 1. The summed E-state index contributed by atoms with van der Waals surface area (Å²) in [6.45, 7) is 1.25. The minimum Gasteiger partial charge on any atom is -0.381 e. The molecule has 2 aromatic carbocycles. The first-order valence-electron chi connectivity index (χ1n) is 10.8. The van der Waals surface area contributed by atoms with Gasteiger partial charge in [-0.15, -0.1) is 0 Å². The summed E-state index contributed by atoms with van der Waals surface area (Å²) in [5.74, 6) is -0.249. The van der Waals surface area contributed by atoms with E-state index >= 15 is 0 Å². The van der Waals surface area contributed by atoms with E-state index in [2.05, 4.69) is 26.3 Å². The Morgan fingerprint density at radius 3 is 2.66 bits per heavy atom. The zero-order valence-electron chi connectivity index (χ0n) is 18.1. The fourth-order valence-electron chi connectivity index (χ4n) is 4.32. The number of aryl methyl sites for hydroxylation is 1. The Hall–Kier alpha value is -2.71. The maximum atomic E-state index is 13.7. The van der Waals surface area contributed by atoms with Crippen molar-refractivity contribution in [3.8, 4) is 0 Å². The number of fused-ring (bicyclic) bond motifs is 1. The van der Waals surface area contributed by atoms with Crippen LogP contribution in [0.15, 0.2) is 54.7 Å². The van der Waals surface area contributed by atoms with Crippen molar-refractivity contribution in [1.82, 2.24) is 15.1 Å². The SMILES string of the molecule is Cn1ncc2cc(N(C(=O)CCBr)C3(C(=O)NCc4ccccc4)CCOCC3)ccc21. The van der Waals surface area contributed by atoms with Gasteiger partial charge in [-0.05, 0) is 23.8 Å². The van der Waals surface area contributed by atoms with Crippen molar-refractivity contribution in [2.45, 2.75) is 31.3 Å². The summed E-state index contributed by atoms with van der Waals surface area (Å²) in [6.07, 6.45) is 2.94. The first-order chi connectivity index (χ1) is 15.5. The molecule has 8 heteroatoms. The van der Waals surface area contributed by atoms with Crippen molar-refractivity contribution >= 4 is 44.3 Å². The predicted molar refractivity (Wildman–Crippen MR) is 128 cm³/mol. The summed E-state index contributed by atoms with van der Waals surface area (Å²) in [5.41, 5.74) is 1.67. The summed E-state index contributed by atoms with van der Waals surface area (Å²) in [4.78, 5) is 28.8. The van der Waals surface area contributed by atoms with Gasteiger partial charge in [0.05, 0.1) is 11.7 Å². The van der Waals surface area contributed by atoms with Crippen molar-refractivity contribution in [2.75, 3.05) is 23.4 Å². The van der Waals surface area contributed by atoms with Crippen LogP contribution in [-0.4, -0.2) is 45.7 Å². The molecular formula is C24H27BrN4O3. The van der Waals surface area contributed by atoms with E-state index in [9.17, 15) is 9.59 Å². The monoisotopic (exact) mass is 498 g/mol. The molecule has 0 aliphatic carbocycles. The highest BCUT2D eigenvalue weighted by Crippen LogP contribution is 2.35. The lowest BCUT2D eigenvalue weighted by molar-refractivity contribution is -0.134. The number of nitrogens with one attached hydrogen (secondary N) is 1. The van der Waals surface area contributed by atoms with Gasteiger partial charge in [-0.1, -0.05) is 46.3 Å². The number of nitrogens with zero attached hydrogens (tertiary/aromatic N) is 3. The Morgan fingerprint density at radius 1 is 1.19 bits per heavy atom. The molecule has 1 N–H and O–H groups in total. The van der Waals surface area contributed by atoms with Gasteiger partial charge < -0.3 is 10.1 Å². The van der Waals surface area contributed by atoms with Gasteiger partial charge in [0.1, 0.15) is 5.54 Å². The first kappa shape index (κ1) is 22.5. The summed E-state index contributed by atoms with van der Waals surface area (Å²) >= 11 is 3.39. The Bertz CT molecular complexity index is 1090. The highest BCUT2D eigenvalue weighted by Gasteiger charge is 2.48. The molecule has 0 unspecified atom stereocenters. The van der Waals surface area contributed by atoms with E-state index < -0.39 is 5.54 Å². The molecule has 168 valence electrons. The number of carbonyl (C=O) groups is 2. The molecule has 32 heavy (non-hydrogen) atoms. The Labute approximate surface area is 195 Å². The van der Waals surface area contributed by atoms with Crippen molar-refractivity contribution in [3.05, 3.63) is 60.3 Å². The van der Waals surface area contributed by atoms with Crippen LogP contribution in [0.5, 0.6) is 0 Å². The molecule has 1 aromatic heterocycles. The topological polar surface area (TPSA) is 76.5 Å². The molecule has 1 aliphatic rings. The normalized spacial score (nSPS) is 15.4. The minimum absolute atomic E-state index is 0.0955. The summed E-state index contributed by atoms with van der Waals surface area (Å²) in [5, 5.41) is 8.84. The third-order valence-electron chi connectivity index (χ3n) is 6.01. The maximum Gasteiger partial charge on any atom is 0.246 e. The average Bonchev–Trinajstić information content (AvgIpc) is 3.19. The van der Waals surface area contributed by atoms with Crippen LogP contribution >= 0.6 is 15.9 Å². The first-order valence-corrected chi connectivity index (χ1v) is 11.9. The molecule has 0 atom stereocenters. The predicted octanol–water partition coefficient (Wildman–Crippen LogP) is 3.56. The molecule has 3 aromatic rings. The van der Waals surface area contributed by atoms with E-state index in [4.69, 9.17) is 4.74 Å². The maximum absolute atomic E-state index is 13.7. The van der Waals surface area contributed by atoms with Gasteiger partial charge in [0, 0.05) is 62.5 Å². The highest BCUT2D eigenvalue weighted by molar-refractivity contribution is 9.09. The Kier molecular flexibility index (Phi) is 6.91. The van der Waals surface area contributed by atoms with Gasteiger partial charge in [0.2, 0.25) is 11.8 Å². The molecule has 1 saturated heterocycles. The zero-order valence-corrected chi connectivity index (χ0v) is 19.7. The smallest absolute Gasteiger partial charge is 0.246 e. The molecule has 7 nitrogen and oxygen atoms in total. The molecule has 0 radical (unpaired) electrons. The standard InChI is InChI=1S/C24H27BrN4O3/c1-28-21-8-7-20(15-19(21)17-27-28)29(22(30)9-12-25)24(10-13-32-14-11-24)23(31)26-16-18-5-3-2-4-6-18/h2-8,15,17H,9-14,16H2,1H3,(H,26,31). The molecule has 0 spiro atoms. The Balaban J connectivity index is 1.72. The number of carbonyl (C=O) groups excluding carboxylic acids is 2. The van der Waals surface area contributed by atoms with Crippen LogP contribution in [0.3, 0.4) is 0 Å². The summed E-state index contributed by atoms with van der Waals surface area (Å²) in [7, 11) is 1.88. The quantitative estimate of drug-likeness (QED) is 0.505. The van der Waals surface area contributed by atoms with Crippen LogP contribution in [0, 0.1) is 0 Å². The van der Waals surface area contributed by atoms with Crippen molar-refractivity contribution in [1.29, 1.82) is 0 Å². The molecule has 0 saturated carbocycles. The van der Waals surface area contributed by atoms with E-state index in [0.717, 1.165) is 16.5 Å². The third kappa shape index (κ3) is 4.42. The highest BCUT2D eigenvalue weighted by atomic mass is 79.9. The van der Waals surface area contributed by atoms with E-state index in [1.165, 1.54) is 0 Å². The van der Waals surface area contributed by atoms with Crippen LogP contribution in [0.1, 0.15) is 24.8 Å². The van der Waals surface area contributed by atoms with E-state index in [0.29, 0.717) is 50.0 Å². The number of anilines is 1. The minimum atomic E-state index is -1.01. The number of amides is 2. The lowest BCUT2D eigenvalue weighted by atomic mass is 9.85. The van der Waals surface area contributed by atoms with Gasteiger partial charge in [-0.3, -0.25) is 19.2 Å². The Morgan fingerprint density at radius 2 is 1.94 bits per heavy atom. The van der Waals surface area contributed by atoms with Gasteiger partial charge in [0.15, 0.2) is 0 Å². The number of hydrogen-bond acceptors (Lipinski definition) is 4. The molecule has 4 rings (SSSR count). The van der Waals surface area contributed by atoms with Crippen molar-refractivity contribution in [2.24, 2.45) is 7.05 Å². The number of ether oxygens (including phenoxy) is 1. The van der Waals surface area contributed by atoms with Crippen LogP contribution < -0.4 is 10.2 Å². The molecule has 1 fully saturated rings. The van der Waals surface area contributed by atoms with E-state index in [1.807, 2.05) is 55.6 Å². The van der Waals surface area contributed by atoms with E-state index in [1.54, 1.807) is 15.8 Å². The zero-order chi connectivity index (χ0) is 22.6. The van der Waals surface area contributed by atoms with Crippen LogP contribution in [-0.2, 0) is 27.9 Å². The average molecular weight is 499 g/mol. The number of alkyl halides is 1. The number of halogens is 1. The fraction of sp³-hybridized carbons (Fsp3) is 0.375. The van der Waals surface area contributed by atoms with E-state index in [-0.39, 0.29) is 11.8 Å². The second kappa shape index (κ2) is 9.83. The lowest BCUT2D eigenvalue weighted by Gasteiger charge is -2.45. The fourth-order valence-corrected chi connectivity index (χ4v) is 4.66. The third-order valence-corrected chi connectivity index (χ3v) is 6.41. The van der Waals surface area contributed by atoms with Gasteiger partial charge >= 0.3 is 0 Å². The molecule has 1 aliphatic heterocycles. The summed E-state index contributed by atoms with van der Waals surface area (Å²) < 4.78 is 7.39. The van der Waals surface area contributed by atoms with Gasteiger partial charge in [-0.25, -0.2) is 0 Å². The second-order valence-electron chi connectivity index (χ2n) is 7.99. The molecule has 2 amide bonds. The largest absolute Gasteiger partial charge is 0.381 e. The molecular weight excluding hydrogens is 472 g/mol. The number of aromatic nitrogens is 2.